The molecule has 31 heavy (non-hydrogen) atoms. The summed E-state index contributed by atoms with van der Waals surface area (Å²) in [6.45, 7) is 8.33. The van der Waals surface area contributed by atoms with Crippen molar-refractivity contribution in [2.24, 2.45) is 5.92 Å². The summed E-state index contributed by atoms with van der Waals surface area (Å²) in [5.74, 6) is -1.22. The van der Waals surface area contributed by atoms with Gasteiger partial charge < -0.3 is 15.6 Å². The van der Waals surface area contributed by atoms with Crippen molar-refractivity contribution in [3.63, 3.8) is 0 Å². The fourth-order valence-corrected chi connectivity index (χ4v) is 5.16. The molecule has 168 valence electrons. The smallest absolute Gasteiger partial charge is 0.338 e. The lowest BCUT2D eigenvalue weighted by Gasteiger charge is -2.40. The molecule has 0 amide bonds. The highest BCUT2D eigenvalue weighted by Crippen LogP contribution is 2.47. The molecule has 3 rings (SSSR count). The second kappa shape index (κ2) is 8.67. The molecule has 2 unspecified atom stereocenters. The minimum Gasteiger partial charge on any atom is -0.478 e. The topological polar surface area (TPSA) is 109 Å². The number of aromatic nitrogens is 2. The maximum atomic E-state index is 14.2. The summed E-state index contributed by atoms with van der Waals surface area (Å²) in [5, 5.41) is 8.98. The zero-order chi connectivity index (χ0) is 23.0. The van der Waals surface area contributed by atoms with Gasteiger partial charge in [0.05, 0.1) is 17.5 Å². The van der Waals surface area contributed by atoms with E-state index in [1.807, 2.05) is 13.1 Å². The summed E-state index contributed by atoms with van der Waals surface area (Å²) in [5.41, 5.74) is 7.25. The van der Waals surface area contributed by atoms with Gasteiger partial charge >= 0.3 is 5.97 Å². The number of hydrogen-bond donors (Lipinski definition) is 3. The number of carbonyl (C=O) groups is 1. The van der Waals surface area contributed by atoms with E-state index < -0.39 is 20.1 Å². The molecule has 1 aliphatic rings. The Kier molecular flexibility index (Phi) is 6.52. The number of nitrogens with two attached hydrogens (primary N) is 1. The number of halogens is 1. The van der Waals surface area contributed by atoms with Crippen LogP contribution in [0.4, 0.5) is 10.2 Å². The molecule has 8 heteroatoms. The first-order valence-corrected chi connectivity index (χ1v) is 13.7. The van der Waals surface area contributed by atoms with Crippen LogP contribution in [0.3, 0.4) is 0 Å². The van der Waals surface area contributed by atoms with Crippen molar-refractivity contribution < 1.29 is 19.1 Å². The maximum Gasteiger partial charge on any atom is 0.338 e. The minimum absolute atomic E-state index is 0.0685. The van der Waals surface area contributed by atoms with E-state index in [2.05, 4.69) is 18.8 Å². The average Bonchev–Trinajstić information content (AvgIpc) is 2.67. The Bertz CT molecular complexity index is 975. The van der Waals surface area contributed by atoms with Crippen molar-refractivity contribution in [1.29, 1.82) is 0 Å². The van der Waals surface area contributed by atoms with E-state index in [0.29, 0.717) is 17.2 Å². The van der Waals surface area contributed by atoms with Gasteiger partial charge in [-0.15, -0.1) is 0 Å². The maximum absolute atomic E-state index is 14.2. The number of nitrogen functional groups attached to an aromatic ring is 1. The number of rotatable bonds is 6. The van der Waals surface area contributed by atoms with Crippen molar-refractivity contribution in [2.45, 2.75) is 70.0 Å². The van der Waals surface area contributed by atoms with Crippen LogP contribution in [0.5, 0.6) is 0 Å². The standard InChI is InChI=1S/C23H32FN3O3Si/c1-23(2,31(3,4)30)12-14-6-5-7-15(10-14)19-13-26-21(25)20(27-19)16-8-9-17(22(28)29)18(24)11-16/h8-9,11,13-15,30H,5-7,10,12H2,1-4H3,(H2,25,26)(H,28,29). The predicted molar refractivity (Wildman–Crippen MR) is 122 cm³/mol. The molecule has 0 spiro atoms. The Morgan fingerprint density at radius 3 is 2.65 bits per heavy atom. The summed E-state index contributed by atoms with van der Waals surface area (Å²) in [7, 11) is -2.27. The molecule has 0 aliphatic heterocycles. The number of hydrogen-bond acceptors (Lipinski definition) is 5. The van der Waals surface area contributed by atoms with Gasteiger partial charge in [-0.05, 0) is 55.4 Å². The lowest BCUT2D eigenvalue weighted by molar-refractivity contribution is 0.0692. The first kappa shape index (κ1) is 23.3. The molecule has 0 saturated heterocycles. The van der Waals surface area contributed by atoms with E-state index in [9.17, 15) is 14.0 Å². The molecule has 6 nitrogen and oxygen atoms in total. The fourth-order valence-electron chi connectivity index (χ4n) is 4.37. The summed E-state index contributed by atoms with van der Waals surface area (Å²) in [4.78, 5) is 30.8. The van der Waals surface area contributed by atoms with Gasteiger partial charge in [0.2, 0.25) is 0 Å². The van der Waals surface area contributed by atoms with Crippen molar-refractivity contribution in [3.8, 4) is 11.3 Å². The van der Waals surface area contributed by atoms with E-state index in [4.69, 9.17) is 15.8 Å². The number of aromatic carboxylic acids is 1. The molecule has 1 aromatic heterocycles. The Balaban J connectivity index is 1.84. The van der Waals surface area contributed by atoms with Crippen molar-refractivity contribution in [3.05, 3.63) is 41.5 Å². The second-order valence-electron chi connectivity index (χ2n) is 9.91. The fraction of sp³-hybridized carbons (Fsp3) is 0.522. The third kappa shape index (κ3) is 5.12. The van der Waals surface area contributed by atoms with Crippen LogP contribution in [0, 0.1) is 11.7 Å². The normalized spacial score (nSPS) is 19.9. The van der Waals surface area contributed by atoms with Gasteiger partial charge in [0.1, 0.15) is 17.3 Å². The van der Waals surface area contributed by atoms with E-state index >= 15 is 0 Å². The van der Waals surface area contributed by atoms with E-state index in [-0.39, 0.29) is 22.3 Å². The lowest BCUT2D eigenvalue weighted by atomic mass is 9.76. The number of anilines is 1. The van der Waals surface area contributed by atoms with E-state index in [1.165, 1.54) is 12.1 Å². The Morgan fingerprint density at radius 2 is 2.03 bits per heavy atom. The van der Waals surface area contributed by atoms with Gasteiger partial charge in [-0.25, -0.2) is 19.2 Å². The number of carboxylic acids is 1. The van der Waals surface area contributed by atoms with Gasteiger partial charge in [-0.2, -0.15) is 0 Å². The van der Waals surface area contributed by atoms with Gasteiger partial charge in [-0.1, -0.05) is 32.8 Å². The molecule has 4 N–H and O–H groups in total. The van der Waals surface area contributed by atoms with Crippen molar-refractivity contribution in [2.75, 3.05) is 5.73 Å². The number of benzene rings is 1. The Labute approximate surface area is 183 Å². The predicted octanol–water partition coefficient (Wildman–Crippen LogP) is 5.20. The third-order valence-corrected chi connectivity index (χ3v) is 10.5. The molecular formula is C23H32FN3O3Si. The van der Waals surface area contributed by atoms with Gasteiger partial charge in [-0.3, -0.25) is 0 Å². The molecular weight excluding hydrogens is 413 g/mol. The molecule has 0 bridgehead atoms. The first-order valence-electron chi connectivity index (χ1n) is 10.8. The van der Waals surface area contributed by atoms with E-state index in [1.54, 1.807) is 6.20 Å². The summed E-state index contributed by atoms with van der Waals surface area (Å²) >= 11 is 0. The molecule has 1 fully saturated rings. The largest absolute Gasteiger partial charge is 0.478 e. The third-order valence-electron chi connectivity index (χ3n) is 6.95. The minimum atomic E-state index is -2.27. The van der Waals surface area contributed by atoms with Crippen LogP contribution in [0.2, 0.25) is 18.1 Å². The molecule has 1 saturated carbocycles. The Hall–Kier alpha value is -2.32. The average molecular weight is 446 g/mol. The van der Waals surface area contributed by atoms with E-state index in [0.717, 1.165) is 43.9 Å². The molecule has 1 aromatic carbocycles. The van der Waals surface area contributed by atoms with Crippen LogP contribution in [-0.2, 0) is 0 Å². The van der Waals surface area contributed by atoms with Gasteiger partial charge in [0, 0.05) is 11.5 Å². The Morgan fingerprint density at radius 1 is 1.32 bits per heavy atom. The molecule has 2 aromatic rings. The van der Waals surface area contributed by atoms with Crippen LogP contribution >= 0.6 is 0 Å². The lowest BCUT2D eigenvalue weighted by Crippen LogP contribution is -2.40. The molecule has 2 atom stereocenters. The number of carboxylic acid groups (broad SMARTS) is 1. The highest BCUT2D eigenvalue weighted by atomic mass is 28.4. The molecule has 1 heterocycles. The summed E-state index contributed by atoms with van der Waals surface area (Å²) in [6, 6.07) is 3.88. The van der Waals surface area contributed by atoms with Crippen LogP contribution in [0.1, 0.15) is 67.9 Å². The van der Waals surface area contributed by atoms with Gasteiger partial charge in [0.25, 0.3) is 0 Å². The highest BCUT2D eigenvalue weighted by molar-refractivity contribution is 6.72. The molecule has 1 aliphatic carbocycles. The first-order chi connectivity index (χ1) is 14.4. The monoisotopic (exact) mass is 445 g/mol. The SMILES string of the molecule is CC(C)(CC1CCCC(c2cnc(N)c(-c3ccc(C(=O)O)c(F)c3)n2)C1)[Si](C)(C)O. The van der Waals surface area contributed by atoms with Crippen LogP contribution in [0.15, 0.2) is 24.4 Å². The van der Waals surface area contributed by atoms with Gasteiger partial charge in [0.15, 0.2) is 8.32 Å². The van der Waals surface area contributed by atoms with Crippen LogP contribution in [-0.4, -0.2) is 34.2 Å². The highest BCUT2D eigenvalue weighted by Gasteiger charge is 2.40. The van der Waals surface area contributed by atoms with Crippen molar-refractivity contribution in [1.82, 2.24) is 9.97 Å². The summed E-state index contributed by atoms with van der Waals surface area (Å²) < 4.78 is 14.2. The molecule has 0 radical (unpaired) electrons. The quantitative estimate of drug-likeness (QED) is 0.527. The zero-order valence-corrected chi connectivity index (χ0v) is 19.7. The second-order valence-corrected chi connectivity index (χ2v) is 14.4. The van der Waals surface area contributed by atoms with Crippen LogP contribution < -0.4 is 5.73 Å². The number of nitrogens with zero attached hydrogens (tertiary/aromatic N) is 2. The van der Waals surface area contributed by atoms with Crippen LogP contribution in [0.25, 0.3) is 11.3 Å². The zero-order valence-electron chi connectivity index (χ0n) is 18.7. The van der Waals surface area contributed by atoms with Crippen molar-refractivity contribution >= 4 is 20.1 Å². The summed E-state index contributed by atoms with van der Waals surface area (Å²) in [6.07, 6.45) is 6.88.